The molecule has 1 aliphatic heterocycles. The maximum Gasteiger partial charge on any atom is 0.160 e. The monoisotopic (exact) mass is 292 g/mol. The van der Waals surface area contributed by atoms with Crippen LogP contribution in [0.3, 0.4) is 0 Å². The first-order valence-corrected chi connectivity index (χ1v) is 7.78. The fourth-order valence-electron chi connectivity index (χ4n) is 2.94. The average Bonchev–Trinajstić information content (AvgIpc) is 2.79. The molecule has 0 unspecified atom stereocenters. The number of hydrogen-bond donors (Lipinski definition) is 0. The van der Waals surface area contributed by atoms with Crippen LogP contribution in [0.2, 0.25) is 0 Å². The predicted molar refractivity (Wildman–Crippen MR) is 82.0 cm³/mol. The molecule has 0 N–H and O–H groups in total. The highest BCUT2D eigenvalue weighted by molar-refractivity contribution is 6.16. The molecule has 0 bridgehead atoms. The molecule has 3 rings (SSSR count). The largest absolute Gasteiger partial charge is 0.311 e. The van der Waals surface area contributed by atoms with Crippen LogP contribution in [-0.4, -0.2) is 39.6 Å². The first-order valence-electron chi connectivity index (χ1n) is 7.24. The van der Waals surface area contributed by atoms with Gasteiger partial charge >= 0.3 is 0 Å². The summed E-state index contributed by atoms with van der Waals surface area (Å²) in [6.07, 6.45) is 2.48. The summed E-state index contributed by atoms with van der Waals surface area (Å²) in [6.45, 7) is 5.37. The highest BCUT2D eigenvalue weighted by Gasteiger charge is 2.20. The van der Waals surface area contributed by atoms with Gasteiger partial charge in [0.1, 0.15) is 11.3 Å². The molecule has 0 spiro atoms. The number of rotatable bonds is 3. The van der Waals surface area contributed by atoms with Crippen molar-refractivity contribution in [1.29, 1.82) is 0 Å². The zero-order valence-corrected chi connectivity index (χ0v) is 12.9. The van der Waals surface area contributed by atoms with Crippen molar-refractivity contribution in [3.8, 4) is 0 Å². The average molecular weight is 293 g/mol. The van der Waals surface area contributed by atoms with E-state index >= 15 is 0 Å². The molecule has 1 fully saturated rings. The zero-order chi connectivity index (χ0) is 14.1. The lowest BCUT2D eigenvalue weighted by Gasteiger charge is -2.29. The second kappa shape index (κ2) is 5.70. The Kier molecular flexibility index (Phi) is 3.94. The Bertz CT molecular complexity index is 599. The van der Waals surface area contributed by atoms with Crippen molar-refractivity contribution in [3.05, 3.63) is 23.7 Å². The Balaban J connectivity index is 1.91. The van der Waals surface area contributed by atoms with Crippen LogP contribution < -0.4 is 0 Å². The van der Waals surface area contributed by atoms with Crippen LogP contribution in [0.25, 0.3) is 11.2 Å². The molecular weight excluding hydrogens is 272 g/mol. The van der Waals surface area contributed by atoms with Crippen LogP contribution >= 0.6 is 11.6 Å². The third-order valence-electron chi connectivity index (χ3n) is 4.21. The smallest absolute Gasteiger partial charge is 0.160 e. The molecule has 4 nitrogen and oxygen atoms in total. The molecule has 0 saturated carbocycles. The highest BCUT2D eigenvalue weighted by atomic mass is 35.5. The van der Waals surface area contributed by atoms with Gasteiger partial charge in [0.25, 0.3) is 0 Å². The van der Waals surface area contributed by atoms with Crippen LogP contribution in [0.15, 0.2) is 12.1 Å². The molecule has 1 saturated heterocycles. The number of alkyl halides is 1. The predicted octanol–water partition coefficient (Wildman–Crippen LogP) is 2.82. The molecule has 0 atom stereocenters. The van der Waals surface area contributed by atoms with Gasteiger partial charge in [-0.25, -0.2) is 9.97 Å². The van der Waals surface area contributed by atoms with Gasteiger partial charge in [-0.15, -0.1) is 11.6 Å². The van der Waals surface area contributed by atoms with E-state index in [2.05, 4.69) is 26.5 Å². The van der Waals surface area contributed by atoms with Gasteiger partial charge in [-0.3, -0.25) is 0 Å². The fourth-order valence-corrected chi connectivity index (χ4v) is 3.14. The molecule has 0 amide bonds. The van der Waals surface area contributed by atoms with E-state index in [0.29, 0.717) is 11.8 Å². The number of hydrogen-bond acceptors (Lipinski definition) is 3. The van der Waals surface area contributed by atoms with Gasteiger partial charge in [0.05, 0.1) is 5.88 Å². The van der Waals surface area contributed by atoms with Crippen molar-refractivity contribution in [1.82, 2.24) is 19.4 Å². The van der Waals surface area contributed by atoms with Gasteiger partial charge in [-0.1, -0.05) is 0 Å². The van der Waals surface area contributed by atoms with Gasteiger partial charge in [-0.05, 0) is 58.0 Å². The van der Waals surface area contributed by atoms with Crippen LogP contribution in [0.4, 0.5) is 0 Å². The molecule has 0 radical (unpaired) electrons. The van der Waals surface area contributed by atoms with Crippen molar-refractivity contribution < 1.29 is 0 Å². The first-order chi connectivity index (χ1) is 9.67. The normalized spacial score (nSPS) is 17.9. The number of aryl methyl sites for hydroxylation is 1. The van der Waals surface area contributed by atoms with Gasteiger partial charge in [0.2, 0.25) is 0 Å². The van der Waals surface area contributed by atoms with E-state index in [-0.39, 0.29) is 0 Å². The summed E-state index contributed by atoms with van der Waals surface area (Å²) in [6, 6.07) is 4.05. The van der Waals surface area contributed by atoms with Crippen molar-refractivity contribution in [2.75, 3.05) is 20.1 Å². The molecule has 0 aromatic carbocycles. The van der Waals surface area contributed by atoms with Gasteiger partial charge in [-0.2, -0.15) is 0 Å². The standard InChI is InChI=1S/C15H21ClN4/c1-11-3-4-13-15(17-11)20(14(9-16)18-13)10-12-5-7-19(2)8-6-12/h3-4,12H,5-10H2,1-2H3. The van der Waals surface area contributed by atoms with Crippen LogP contribution in [0, 0.1) is 12.8 Å². The van der Waals surface area contributed by atoms with E-state index < -0.39 is 0 Å². The number of halogens is 1. The number of nitrogens with zero attached hydrogens (tertiary/aromatic N) is 4. The van der Waals surface area contributed by atoms with E-state index in [1.807, 2.05) is 19.1 Å². The number of imidazole rings is 1. The maximum atomic E-state index is 6.06. The molecule has 20 heavy (non-hydrogen) atoms. The molecule has 0 aliphatic carbocycles. The minimum absolute atomic E-state index is 0.446. The van der Waals surface area contributed by atoms with Crippen molar-refractivity contribution in [2.45, 2.75) is 32.2 Å². The lowest BCUT2D eigenvalue weighted by atomic mass is 9.97. The van der Waals surface area contributed by atoms with Crippen LogP contribution in [0.1, 0.15) is 24.4 Å². The van der Waals surface area contributed by atoms with Crippen LogP contribution in [-0.2, 0) is 12.4 Å². The van der Waals surface area contributed by atoms with Crippen molar-refractivity contribution in [2.24, 2.45) is 5.92 Å². The third-order valence-corrected chi connectivity index (χ3v) is 4.45. The number of pyridine rings is 1. The van der Waals surface area contributed by atoms with Gasteiger partial charge in [0.15, 0.2) is 5.65 Å². The Hall–Kier alpha value is -1.13. The Morgan fingerprint density at radius 3 is 2.70 bits per heavy atom. The summed E-state index contributed by atoms with van der Waals surface area (Å²) in [4.78, 5) is 11.7. The number of fused-ring (bicyclic) bond motifs is 1. The molecule has 3 heterocycles. The summed E-state index contributed by atoms with van der Waals surface area (Å²) >= 11 is 6.06. The van der Waals surface area contributed by atoms with Crippen molar-refractivity contribution in [3.63, 3.8) is 0 Å². The zero-order valence-electron chi connectivity index (χ0n) is 12.1. The topological polar surface area (TPSA) is 34.0 Å². The summed E-state index contributed by atoms with van der Waals surface area (Å²) in [5.41, 5.74) is 2.97. The molecule has 2 aromatic heterocycles. The lowest BCUT2D eigenvalue weighted by Crippen LogP contribution is -2.32. The molecular formula is C15H21ClN4. The number of piperidine rings is 1. The molecule has 2 aromatic rings. The number of likely N-dealkylation sites (tertiary alicyclic amines) is 1. The summed E-state index contributed by atoms with van der Waals surface area (Å²) in [7, 11) is 2.19. The Labute approximate surface area is 124 Å². The quantitative estimate of drug-likeness (QED) is 0.816. The minimum atomic E-state index is 0.446. The summed E-state index contributed by atoms with van der Waals surface area (Å²) in [5.74, 6) is 2.09. The Morgan fingerprint density at radius 1 is 1.25 bits per heavy atom. The van der Waals surface area contributed by atoms with Crippen LogP contribution in [0.5, 0.6) is 0 Å². The lowest BCUT2D eigenvalue weighted by molar-refractivity contribution is 0.205. The van der Waals surface area contributed by atoms with E-state index in [1.165, 1.54) is 25.9 Å². The summed E-state index contributed by atoms with van der Waals surface area (Å²) in [5, 5.41) is 0. The van der Waals surface area contributed by atoms with E-state index in [4.69, 9.17) is 11.6 Å². The first kappa shape index (κ1) is 13.8. The van der Waals surface area contributed by atoms with Gasteiger partial charge in [0, 0.05) is 12.2 Å². The SMILES string of the molecule is Cc1ccc2nc(CCl)n(CC3CCN(C)CC3)c2n1. The highest BCUT2D eigenvalue weighted by Crippen LogP contribution is 2.23. The second-order valence-electron chi connectivity index (χ2n) is 5.81. The third kappa shape index (κ3) is 2.67. The molecule has 1 aliphatic rings. The van der Waals surface area contributed by atoms with Gasteiger partial charge < -0.3 is 9.47 Å². The molecule has 108 valence electrons. The summed E-state index contributed by atoms with van der Waals surface area (Å²) < 4.78 is 2.23. The molecule has 5 heteroatoms. The fraction of sp³-hybridized carbons (Fsp3) is 0.600. The maximum absolute atomic E-state index is 6.06. The van der Waals surface area contributed by atoms with E-state index in [9.17, 15) is 0 Å². The number of aromatic nitrogens is 3. The van der Waals surface area contributed by atoms with E-state index in [0.717, 1.165) is 29.2 Å². The second-order valence-corrected chi connectivity index (χ2v) is 6.08. The van der Waals surface area contributed by atoms with E-state index in [1.54, 1.807) is 0 Å². The Morgan fingerprint density at radius 2 is 2.00 bits per heavy atom. The minimum Gasteiger partial charge on any atom is -0.311 e. The van der Waals surface area contributed by atoms with Crippen molar-refractivity contribution >= 4 is 22.8 Å².